The van der Waals surface area contributed by atoms with Gasteiger partial charge in [0.25, 0.3) is 0 Å². The highest BCUT2D eigenvalue weighted by Crippen LogP contribution is 2.39. The molecule has 0 saturated heterocycles. The Kier molecular flexibility index (Phi) is 3.91. The molecule has 1 aliphatic rings. The second-order valence-electron chi connectivity index (χ2n) is 4.83. The Bertz CT molecular complexity index is 598. The number of hydrogen-bond acceptors (Lipinski definition) is 4. The van der Waals surface area contributed by atoms with E-state index < -0.39 is 0 Å². The fourth-order valence-electron chi connectivity index (χ4n) is 2.00. The van der Waals surface area contributed by atoms with Crippen LogP contribution in [0.15, 0.2) is 29.4 Å². The Morgan fingerprint density at radius 3 is 3.00 bits per heavy atom. The zero-order valence-electron chi connectivity index (χ0n) is 11.3. The topological polar surface area (TPSA) is 39.9 Å². The summed E-state index contributed by atoms with van der Waals surface area (Å²) < 4.78 is 20.5. The van der Waals surface area contributed by atoms with Gasteiger partial charge in [-0.2, -0.15) is 0 Å². The van der Waals surface area contributed by atoms with Crippen molar-refractivity contribution in [3.8, 4) is 5.75 Å². The summed E-state index contributed by atoms with van der Waals surface area (Å²) in [5.74, 6) is 2.72. The average molecular weight is 293 g/mol. The van der Waals surface area contributed by atoms with Gasteiger partial charge in [0.05, 0.1) is 6.61 Å². The fraction of sp³-hybridized carbons (Fsp3) is 0.429. The van der Waals surface area contributed by atoms with Gasteiger partial charge in [-0.1, -0.05) is 17.8 Å². The van der Waals surface area contributed by atoms with E-state index in [0.717, 1.165) is 16.7 Å². The molecule has 20 heavy (non-hydrogen) atoms. The highest BCUT2D eigenvalue weighted by Gasteiger charge is 2.29. The van der Waals surface area contributed by atoms with Crippen LogP contribution < -0.4 is 4.74 Å². The van der Waals surface area contributed by atoms with E-state index in [2.05, 4.69) is 14.8 Å². The van der Waals surface area contributed by atoms with E-state index in [1.54, 1.807) is 23.9 Å². The van der Waals surface area contributed by atoms with Crippen LogP contribution in [-0.4, -0.2) is 27.1 Å². The molecular formula is C14H16FN3OS. The highest BCUT2D eigenvalue weighted by atomic mass is 32.2. The molecule has 1 heterocycles. The summed E-state index contributed by atoms with van der Waals surface area (Å²) in [4.78, 5) is 0. The molecule has 1 aromatic carbocycles. The number of benzene rings is 1. The number of halogens is 1. The number of ether oxygens (including phenoxy) is 1. The van der Waals surface area contributed by atoms with Gasteiger partial charge in [0.1, 0.15) is 17.4 Å². The van der Waals surface area contributed by atoms with Crippen LogP contribution in [-0.2, 0) is 7.05 Å². The van der Waals surface area contributed by atoms with Gasteiger partial charge in [-0.05, 0) is 25.0 Å². The molecule has 3 rings (SSSR count). The summed E-state index contributed by atoms with van der Waals surface area (Å²) >= 11 is 1.61. The fourth-order valence-corrected chi connectivity index (χ4v) is 2.73. The quantitative estimate of drug-likeness (QED) is 0.606. The van der Waals surface area contributed by atoms with Gasteiger partial charge in [-0.25, -0.2) is 4.39 Å². The van der Waals surface area contributed by atoms with Crippen molar-refractivity contribution < 1.29 is 9.13 Å². The number of aromatic nitrogens is 3. The van der Waals surface area contributed by atoms with Gasteiger partial charge in [0.2, 0.25) is 0 Å². The molecule has 0 unspecified atom stereocenters. The van der Waals surface area contributed by atoms with Crippen molar-refractivity contribution in [1.29, 1.82) is 0 Å². The molecule has 0 aliphatic heterocycles. The Hall–Kier alpha value is -1.56. The van der Waals surface area contributed by atoms with Gasteiger partial charge in [-0.3, -0.25) is 0 Å². The minimum atomic E-state index is -0.280. The van der Waals surface area contributed by atoms with Crippen LogP contribution in [0.3, 0.4) is 0 Å². The summed E-state index contributed by atoms with van der Waals surface area (Å²) in [6.07, 6.45) is 2.44. The largest absolute Gasteiger partial charge is 0.493 e. The summed E-state index contributed by atoms with van der Waals surface area (Å²) in [6.45, 7) is 0.514. The molecule has 0 N–H and O–H groups in total. The molecule has 0 bridgehead atoms. The lowest BCUT2D eigenvalue weighted by atomic mass is 10.3. The molecular weight excluding hydrogens is 277 g/mol. The van der Waals surface area contributed by atoms with Crippen LogP contribution >= 0.6 is 11.8 Å². The second kappa shape index (κ2) is 5.83. The van der Waals surface area contributed by atoms with E-state index in [1.165, 1.54) is 25.0 Å². The van der Waals surface area contributed by atoms with Gasteiger partial charge in [-0.15, -0.1) is 10.2 Å². The monoisotopic (exact) mass is 293 g/mol. The number of thioether (sulfide) groups is 1. The Morgan fingerprint density at radius 1 is 1.40 bits per heavy atom. The Balaban J connectivity index is 1.48. The van der Waals surface area contributed by atoms with Crippen molar-refractivity contribution >= 4 is 11.8 Å². The van der Waals surface area contributed by atoms with Crippen LogP contribution in [0.2, 0.25) is 0 Å². The Labute approximate surface area is 121 Å². The third kappa shape index (κ3) is 3.12. The van der Waals surface area contributed by atoms with Crippen LogP contribution in [0.5, 0.6) is 5.75 Å². The van der Waals surface area contributed by atoms with E-state index in [1.807, 2.05) is 7.05 Å². The Morgan fingerprint density at radius 2 is 2.25 bits per heavy atom. The van der Waals surface area contributed by atoms with Crippen LogP contribution in [0.25, 0.3) is 0 Å². The van der Waals surface area contributed by atoms with E-state index >= 15 is 0 Å². The maximum atomic E-state index is 13.0. The van der Waals surface area contributed by atoms with E-state index in [-0.39, 0.29) is 5.82 Å². The van der Waals surface area contributed by atoms with E-state index in [4.69, 9.17) is 4.74 Å². The predicted molar refractivity (Wildman–Crippen MR) is 75.6 cm³/mol. The van der Waals surface area contributed by atoms with Crippen molar-refractivity contribution in [1.82, 2.24) is 14.8 Å². The summed E-state index contributed by atoms with van der Waals surface area (Å²) in [6, 6.07) is 6.18. The van der Waals surface area contributed by atoms with Crippen molar-refractivity contribution in [3.63, 3.8) is 0 Å². The highest BCUT2D eigenvalue weighted by molar-refractivity contribution is 7.99. The molecule has 0 atom stereocenters. The normalized spacial score (nSPS) is 14.5. The first-order valence-corrected chi connectivity index (χ1v) is 7.63. The lowest BCUT2D eigenvalue weighted by molar-refractivity contribution is 0.342. The molecule has 1 aliphatic carbocycles. The zero-order valence-corrected chi connectivity index (χ0v) is 12.1. The van der Waals surface area contributed by atoms with Gasteiger partial charge in [0, 0.05) is 24.8 Å². The van der Waals surface area contributed by atoms with Crippen LogP contribution in [0.1, 0.15) is 24.6 Å². The van der Waals surface area contributed by atoms with Crippen molar-refractivity contribution in [2.45, 2.75) is 23.9 Å². The molecule has 106 valence electrons. The average Bonchev–Trinajstić information content (AvgIpc) is 3.20. The minimum absolute atomic E-state index is 0.280. The summed E-state index contributed by atoms with van der Waals surface area (Å²) in [5.41, 5.74) is 0. The SMILES string of the molecule is Cn1c(SCCOc2cccc(F)c2)nnc1C1CC1. The molecule has 2 aromatic rings. The lowest BCUT2D eigenvalue weighted by Gasteiger charge is -2.06. The van der Waals surface area contributed by atoms with Crippen molar-refractivity contribution in [2.24, 2.45) is 7.05 Å². The molecule has 0 radical (unpaired) electrons. The van der Waals surface area contributed by atoms with E-state index in [0.29, 0.717) is 18.3 Å². The van der Waals surface area contributed by atoms with Crippen LogP contribution in [0, 0.1) is 5.82 Å². The first-order chi connectivity index (χ1) is 9.74. The molecule has 1 saturated carbocycles. The van der Waals surface area contributed by atoms with Crippen molar-refractivity contribution in [3.05, 3.63) is 35.9 Å². The maximum Gasteiger partial charge on any atom is 0.191 e. The zero-order chi connectivity index (χ0) is 13.9. The second-order valence-corrected chi connectivity index (χ2v) is 5.89. The number of rotatable bonds is 6. The van der Waals surface area contributed by atoms with Crippen molar-refractivity contribution in [2.75, 3.05) is 12.4 Å². The predicted octanol–water partition coefficient (Wildman–Crippen LogP) is 3.00. The summed E-state index contributed by atoms with van der Waals surface area (Å²) in [7, 11) is 2.00. The van der Waals surface area contributed by atoms with E-state index in [9.17, 15) is 4.39 Å². The first-order valence-electron chi connectivity index (χ1n) is 6.64. The molecule has 6 heteroatoms. The molecule has 1 aromatic heterocycles. The standard InChI is InChI=1S/C14H16FN3OS/c1-18-13(10-5-6-10)16-17-14(18)20-8-7-19-12-4-2-3-11(15)9-12/h2-4,9-10H,5-8H2,1H3. The van der Waals surface area contributed by atoms with Gasteiger partial charge >= 0.3 is 0 Å². The number of hydrogen-bond donors (Lipinski definition) is 0. The third-order valence-corrected chi connectivity index (χ3v) is 4.17. The number of nitrogens with zero attached hydrogens (tertiary/aromatic N) is 3. The minimum Gasteiger partial charge on any atom is -0.493 e. The third-order valence-electron chi connectivity index (χ3n) is 3.19. The van der Waals surface area contributed by atoms with Crippen LogP contribution in [0.4, 0.5) is 4.39 Å². The van der Waals surface area contributed by atoms with Gasteiger partial charge in [0.15, 0.2) is 5.16 Å². The van der Waals surface area contributed by atoms with Gasteiger partial charge < -0.3 is 9.30 Å². The maximum absolute atomic E-state index is 13.0. The molecule has 1 fully saturated rings. The molecule has 0 spiro atoms. The molecule has 0 amide bonds. The molecule has 4 nitrogen and oxygen atoms in total. The lowest BCUT2D eigenvalue weighted by Crippen LogP contribution is -2.02. The first kappa shape index (κ1) is 13.4. The smallest absolute Gasteiger partial charge is 0.191 e. The summed E-state index contributed by atoms with van der Waals surface area (Å²) in [5, 5.41) is 9.34.